The Morgan fingerprint density at radius 1 is 0.903 bits per heavy atom. The molecular formula is C25H32N4O2. The Kier molecular flexibility index (Phi) is 7.07. The second kappa shape index (κ2) is 10.3. The predicted octanol–water partition coefficient (Wildman–Crippen LogP) is 3.95. The van der Waals surface area contributed by atoms with Gasteiger partial charge in [-0.15, -0.1) is 0 Å². The largest absolute Gasteiger partial charge is 0.372 e. The lowest BCUT2D eigenvalue weighted by Crippen LogP contribution is -2.31. The van der Waals surface area contributed by atoms with Crippen LogP contribution in [0.1, 0.15) is 44.1 Å². The maximum atomic E-state index is 12.1. The van der Waals surface area contributed by atoms with Gasteiger partial charge in [-0.2, -0.15) is 0 Å². The van der Waals surface area contributed by atoms with E-state index in [2.05, 4.69) is 45.1 Å². The van der Waals surface area contributed by atoms with Crippen molar-refractivity contribution in [2.45, 2.75) is 45.1 Å². The van der Waals surface area contributed by atoms with Crippen molar-refractivity contribution in [2.24, 2.45) is 5.92 Å². The molecule has 0 bridgehead atoms. The van der Waals surface area contributed by atoms with Crippen LogP contribution in [0.4, 0.5) is 17.1 Å². The first-order valence-corrected chi connectivity index (χ1v) is 11.4. The van der Waals surface area contributed by atoms with Crippen LogP contribution >= 0.6 is 0 Å². The van der Waals surface area contributed by atoms with Crippen molar-refractivity contribution < 1.29 is 9.59 Å². The maximum Gasteiger partial charge on any atom is 0.225 e. The Bertz CT molecular complexity index is 871. The van der Waals surface area contributed by atoms with Crippen LogP contribution in [0.5, 0.6) is 0 Å². The van der Waals surface area contributed by atoms with Gasteiger partial charge in [0.15, 0.2) is 0 Å². The summed E-state index contributed by atoms with van der Waals surface area (Å²) in [6, 6.07) is 16.7. The summed E-state index contributed by atoms with van der Waals surface area (Å²) in [7, 11) is 0. The van der Waals surface area contributed by atoms with Crippen molar-refractivity contribution >= 4 is 28.9 Å². The van der Waals surface area contributed by atoms with E-state index < -0.39 is 0 Å². The van der Waals surface area contributed by atoms with Gasteiger partial charge in [-0.1, -0.05) is 31.4 Å². The van der Waals surface area contributed by atoms with E-state index in [1.54, 1.807) is 0 Å². The quantitative estimate of drug-likeness (QED) is 0.662. The van der Waals surface area contributed by atoms with Crippen molar-refractivity contribution in [3.8, 4) is 0 Å². The molecule has 0 saturated carbocycles. The van der Waals surface area contributed by atoms with Gasteiger partial charge in [0.25, 0.3) is 0 Å². The summed E-state index contributed by atoms with van der Waals surface area (Å²) in [4.78, 5) is 25.9. The molecular weight excluding hydrogens is 388 g/mol. The van der Waals surface area contributed by atoms with Crippen molar-refractivity contribution in [1.82, 2.24) is 10.6 Å². The molecule has 0 aromatic heterocycles. The fraction of sp³-hybridized carbons (Fsp3) is 0.440. The lowest BCUT2D eigenvalue weighted by molar-refractivity contribution is -0.126. The highest BCUT2D eigenvalue weighted by Crippen LogP contribution is 2.23. The molecule has 0 aliphatic carbocycles. The SMILES string of the molecule is O=C1CC(C(=O)NCc2ccc(Nc3ccc(N4CCCCCCC4)cc3)cc2)CN1. The maximum absolute atomic E-state index is 12.1. The first-order chi connectivity index (χ1) is 15.2. The number of hydrogen-bond donors (Lipinski definition) is 3. The second-order valence-electron chi connectivity index (χ2n) is 8.55. The van der Waals surface area contributed by atoms with Crippen LogP contribution < -0.4 is 20.9 Å². The molecule has 0 radical (unpaired) electrons. The van der Waals surface area contributed by atoms with Crippen LogP contribution in [0.2, 0.25) is 0 Å². The number of nitrogens with zero attached hydrogens (tertiary/aromatic N) is 1. The van der Waals surface area contributed by atoms with E-state index in [1.165, 1.54) is 37.8 Å². The predicted molar refractivity (Wildman–Crippen MR) is 124 cm³/mol. The molecule has 2 aromatic carbocycles. The molecule has 2 fully saturated rings. The fourth-order valence-electron chi connectivity index (χ4n) is 4.26. The van der Waals surface area contributed by atoms with E-state index in [0.29, 0.717) is 13.1 Å². The summed E-state index contributed by atoms with van der Waals surface area (Å²) in [5, 5.41) is 9.06. The summed E-state index contributed by atoms with van der Waals surface area (Å²) in [5.41, 5.74) is 4.41. The Balaban J connectivity index is 1.27. The number of amides is 2. The first kappa shape index (κ1) is 21.2. The van der Waals surface area contributed by atoms with Gasteiger partial charge in [-0.25, -0.2) is 0 Å². The van der Waals surface area contributed by atoms with E-state index in [1.807, 2.05) is 24.3 Å². The third-order valence-electron chi connectivity index (χ3n) is 6.15. The number of rotatable bonds is 6. The highest BCUT2D eigenvalue weighted by Gasteiger charge is 2.27. The number of nitrogens with one attached hydrogen (secondary N) is 3. The average Bonchev–Trinajstić information content (AvgIpc) is 3.20. The van der Waals surface area contributed by atoms with E-state index in [0.717, 1.165) is 30.0 Å². The number of carbonyl (C=O) groups is 2. The molecule has 2 amide bonds. The van der Waals surface area contributed by atoms with Gasteiger partial charge in [0.05, 0.1) is 5.92 Å². The standard InChI is InChI=1S/C25H32N4O2/c30-24-16-20(18-26-24)25(31)27-17-19-6-8-21(9-7-19)28-22-10-12-23(13-11-22)29-14-4-2-1-3-5-15-29/h6-13,20,28H,1-5,14-18H2,(H,26,30)(H,27,31). The summed E-state index contributed by atoms with van der Waals surface area (Å²) in [5.74, 6) is -0.374. The molecule has 0 spiro atoms. The molecule has 1 atom stereocenters. The summed E-state index contributed by atoms with van der Waals surface area (Å²) >= 11 is 0. The molecule has 2 heterocycles. The van der Waals surface area contributed by atoms with Crippen LogP contribution in [0, 0.1) is 5.92 Å². The molecule has 6 nitrogen and oxygen atoms in total. The highest BCUT2D eigenvalue weighted by molar-refractivity contribution is 5.89. The monoisotopic (exact) mass is 420 g/mol. The molecule has 4 rings (SSSR count). The van der Waals surface area contributed by atoms with Crippen molar-refractivity contribution in [3.63, 3.8) is 0 Å². The van der Waals surface area contributed by atoms with E-state index in [4.69, 9.17) is 0 Å². The molecule has 164 valence electrons. The minimum atomic E-state index is -0.254. The Hall–Kier alpha value is -3.02. The van der Waals surface area contributed by atoms with Crippen LogP contribution in [-0.2, 0) is 16.1 Å². The molecule has 2 aromatic rings. The second-order valence-corrected chi connectivity index (χ2v) is 8.55. The normalized spacial score (nSPS) is 19.3. The van der Waals surface area contributed by atoms with Gasteiger partial charge in [-0.3, -0.25) is 9.59 Å². The minimum Gasteiger partial charge on any atom is -0.372 e. The fourth-order valence-corrected chi connectivity index (χ4v) is 4.26. The van der Waals surface area contributed by atoms with Gasteiger partial charge < -0.3 is 20.9 Å². The molecule has 3 N–H and O–H groups in total. The van der Waals surface area contributed by atoms with Gasteiger partial charge in [-0.05, 0) is 54.8 Å². The van der Waals surface area contributed by atoms with E-state index in [-0.39, 0.29) is 24.2 Å². The smallest absolute Gasteiger partial charge is 0.225 e. The molecule has 2 aliphatic rings. The minimum absolute atomic E-state index is 0.0505. The summed E-state index contributed by atoms with van der Waals surface area (Å²) in [6.07, 6.45) is 6.90. The molecule has 6 heteroatoms. The lowest BCUT2D eigenvalue weighted by atomic mass is 10.1. The number of benzene rings is 2. The topological polar surface area (TPSA) is 73.5 Å². The van der Waals surface area contributed by atoms with Gasteiger partial charge in [0.1, 0.15) is 0 Å². The number of hydrogen-bond acceptors (Lipinski definition) is 4. The molecule has 31 heavy (non-hydrogen) atoms. The van der Waals surface area contributed by atoms with Crippen LogP contribution in [0.15, 0.2) is 48.5 Å². The van der Waals surface area contributed by atoms with Gasteiger partial charge in [0, 0.05) is 49.7 Å². The van der Waals surface area contributed by atoms with Crippen molar-refractivity contribution in [3.05, 3.63) is 54.1 Å². The van der Waals surface area contributed by atoms with Crippen LogP contribution in [0.3, 0.4) is 0 Å². The lowest BCUT2D eigenvalue weighted by Gasteiger charge is -2.27. The first-order valence-electron chi connectivity index (χ1n) is 11.4. The molecule has 2 saturated heterocycles. The van der Waals surface area contributed by atoms with Crippen molar-refractivity contribution in [2.75, 3.05) is 29.9 Å². The number of carbonyl (C=O) groups excluding carboxylic acids is 2. The van der Waals surface area contributed by atoms with Gasteiger partial charge in [0.2, 0.25) is 11.8 Å². The zero-order valence-electron chi connectivity index (χ0n) is 18.0. The van der Waals surface area contributed by atoms with Crippen LogP contribution in [-0.4, -0.2) is 31.4 Å². The third-order valence-corrected chi connectivity index (χ3v) is 6.15. The Morgan fingerprint density at radius 2 is 1.52 bits per heavy atom. The van der Waals surface area contributed by atoms with Crippen molar-refractivity contribution in [1.29, 1.82) is 0 Å². The summed E-state index contributed by atoms with van der Waals surface area (Å²) in [6.45, 7) is 3.20. The molecule has 2 aliphatic heterocycles. The highest BCUT2D eigenvalue weighted by atomic mass is 16.2. The zero-order chi connectivity index (χ0) is 21.5. The summed E-state index contributed by atoms with van der Waals surface area (Å²) < 4.78 is 0. The Morgan fingerprint density at radius 3 is 2.13 bits per heavy atom. The van der Waals surface area contributed by atoms with Crippen LogP contribution in [0.25, 0.3) is 0 Å². The van der Waals surface area contributed by atoms with E-state index >= 15 is 0 Å². The van der Waals surface area contributed by atoms with E-state index in [9.17, 15) is 9.59 Å². The molecule has 1 unspecified atom stereocenters. The average molecular weight is 421 g/mol. The number of anilines is 3. The third kappa shape index (κ3) is 6.00. The zero-order valence-corrected chi connectivity index (χ0v) is 18.0. The van der Waals surface area contributed by atoms with Gasteiger partial charge >= 0.3 is 0 Å². The Labute approximate surface area is 184 Å².